The van der Waals surface area contributed by atoms with Gasteiger partial charge >= 0.3 is 0 Å². The molecule has 0 amide bonds. The Hall–Kier alpha value is -0.870. The first-order valence-electron chi connectivity index (χ1n) is 7.13. The monoisotopic (exact) mass is 279 g/mol. The van der Waals surface area contributed by atoms with E-state index in [-0.39, 0.29) is 6.04 Å². The lowest BCUT2D eigenvalue weighted by molar-refractivity contribution is 0.280. The summed E-state index contributed by atoms with van der Waals surface area (Å²) in [7, 11) is -3.36. The van der Waals surface area contributed by atoms with Crippen LogP contribution in [0.4, 0.5) is 0 Å². The van der Waals surface area contributed by atoms with Gasteiger partial charge < -0.3 is 0 Å². The summed E-state index contributed by atoms with van der Waals surface area (Å²) in [4.78, 5) is 0.366. The van der Waals surface area contributed by atoms with Gasteiger partial charge in [0.1, 0.15) is 0 Å². The molecule has 19 heavy (non-hydrogen) atoms. The first kappa shape index (κ1) is 13.1. The van der Waals surface area contributed by atoms with Crippen LogP contribution in [-0.4, -0.2) is 14.5 Å². The Morgan fingerprint density at radius 3 is 2.47 bits per heavy atom. The van der Waals surface area contributed by atoms with E-state index in [1.807, 2.05) is 13.0 Å². The van der Waals surface area contributed by atoms with E-state index >= 15 is 0 Å². The predicted octanol–water partition coefficient (Wildman–Crippen LogP) is 2.79. The largest absolute Gasteiger partial charge is 0.240 e. The molecule has 4 heteroatoms. The third kappa shape index (κ3) is 2.56. The van der Waals surface area contributed by atoms with E-state index in [1.54, 1.807) is 24.3 Å². The minimum atomic E-state index is -3.36. The highest BCUT2D eigenvalue weighted by atomic mass is 32.2. The number of hydrogen-bond acceptors (Lipinski definition) is 2. The second-order valence-corrected chi connectivity index (χ2v) is 7.78. The number of benzene rings is 1. The minimum absolute atomic E-state index is 0.0421. The van der Waals surface area contributed by atoms with Gasteiger partial charge in [-0.1, -0.05) is 24.6 Å². The summed E-state index contributed by atoms with van der Waals surface area (Å²) in [6.45, 7) is 2.02. The molecule has 0 heterocycles. The molecule has 1 N–H and O–H groups in total. The van der Waals surface area contributed by atoms with E-state index in [2.05, 4.69) is 4.72 Å². The van der Waals surface area contributed by atoms with Gasteiger partial charge in [-0.15, -0.1) is 0 Å². The summed E-state index contributed by atoms with van der Waals surface area (Å²) < 4.78 is 27.5. The molecule has 0 aliphatic heterocycles. The Kier molecular flexibility index (Phi) is 3.39. The van der Waals surface area contributed by atoms with Gasteiger partial charge in [0.05, 0.1) is 4.90 Å². The van der Waals surface area contributed by atoms with E-state index < -0.39 is 10.0 Å². The summed E-state index contributed by atoms with van der Waals surface area (Å²) in [5.74, 6) is 2.11. The van der Waals surface area contributed by atoms with Crippen molar-refractivity contribution < 1.29 is 8.42 Å². The fraction of sp³-hybridized carbons (Fsp3) is 0.600. The molecule has 2 aliphatic carbocycles. The number of hydrogen-bond donors (Lipinski definition) is 1. The van der Waals surface area contributed by atoms with E-state index in [4.69, 9.17) is 0 Å². The molecule has 2 fully saturated rings. The molecular weight excluding hydrogens is 258 g/mol. The molecule has 0 unspecified atom stereocenters. The van der Waals surface area contributed by atoms with Crippen LogP contribution in [0.15, 0.2) is 35.2 Å². The van der Waals surface area contributed by atoms with Gasteiger partial charge in [-0.05, 0) is 56.1 Å². The van der Waals surface area contributed by atoms with Crippen molar-refractivity contribution in [3.05, 3.63) is 30.3 Å². The molecule has 3 rings (SSSR count). The molecule has 4 atom stereocenters. The number of rotatable bonds is 4. The molecule has 2 aliphatic rings. The summed E-state index contributed by atoms with van der Waals surface area (Å²) in [5, 5.41) is 0. The predicted molar refractivity (Wildman–Crippen MR) is 75.2 cm³/mol. The van der Waals surface area contributed by atoms with Gasteiger partial charge in [0, 0.05) is 6.04 Å². The normalized spacial score (nSPS) is 31.5. The van der Waals surface area contributed by atoms with Crippen LogP contribution in [0.1, 0.15) is 32.6 Å². The third-order valence-electron chi connectivity index (χ3n) is 4.83. The highest BCUT2D eigenvalue weighted by Gasteiger charge is 2.42. The number of fused-ring (bicyclic) bond motifs is 2. The van der Waals surface area contributed by atoms with Crippen molar-refractivity contribution in [3.8, 4) is 0 Å². The van der Waals surface area contributed by atoms with Crippen molar-refractivity contribution in [3.63, 3.8) is 0 Å². The summed E-state index contributed by atoms with van der Waals surface area (Å²) in [6, 6.07) is 8.69. The van der Waals surface area contributed by atoms with Gasteiger partial charge in [0.15, 0.2) is 0 Å². The van der Waals surface area contributed by atoms with Crippen LogP contribution in [0.2, 0.25) is 0 Å². The first-order valence-corrected chi connectivity index (χ1v) is 8.62. The van der Waals surface area contributed by atoms with Crippen molar-refractivity contribution in [1.29, 1.82) is 0 Å². The van der Waals surface area contributed by atoms with Crippen molar-refractivity contribution >= 4 is 10.0 Å². The first-order chi connectivity index (χ1) is 9.06. The average Bonchev–Trinajstić information content (AvgIpc) is 3.01. The molecule has 2 saturated carbocycles. The third-order valence-corrected chi connectivity index (χ3v) is 6.40. The van der Waals surface area contributed by atoms with Gasteiger partial charge in [-0.2, -0.15) is 0 Å². The van der Waals surface area contributed by atoms with Crippen molar-refractivity contribution in [1.82, 2.24) is 4.72 Å². The highest BCUT2D eigenvalue weighted by molar-refractivity contribution is 7.89. The minimum Gasteiger partial charge on any atom is -0.208 e. The van der Waals surface area contributed by atoms with Crippen molar-refractivity contribution in [2.75, 3.05) is 0 Å². The van der Waals surface area contributed by atoms with Crippen LogP contribution in [0.25, 0.3) is 0 Å². The smallest absolute Gasteiger partial charge is 0.208 e. The molecule has 0 spiro atoms. The molecule has 0 radical (unpaired) electrons. The standard InChI is InChI=1S/C15H21NO2S/c1-11(15-10-12-7-8-13(15)9-12)16-19(17,18)14-5-3-2-4-6-14/h2-6,11-13,15-16H,7-10H2,1H3/t11-,12+,13+,15-/m0/s1. The Labute approximate surface area is 115 Å². The second kappa shape index (κ2) is 4.91. The van der Waals surface area contributed by atoms with Crippen LogP contribution in [-0.2, 0) is 10.0 Å². The summed E-state index contributed by atoms with van der Waals surface area (Å²) in [6.07, 6.45) is 5.14. The van der Waals surface area contributed by atoms with E-state index in [0.717, 1.165) is 11.8 Å². The fourth-order valence-electron chi connectivity index (χ4n) is 3.91. The number of sulfonamides is 1. The summed E-state index contributed by atoms with van der Waals surface area (Å²) >= 11 is 0. The van der Waals surface area contributed by atoms with Gasteiger partial charge in [-0.3, -0.25) is 0 Å². The fourth-order valence-corrected chi connectivity index (χ4v) is 5.22. The maximum absolute atomic E-state index is 12.3. The lowest BCUT2D eigenvalue weighted by atomic mass is 9.84. The zero-order valence-electron chi connectivity index (χ0n) is 11.2. The molecule has 0 aromatic heterocycles. The molecule has 1 aromatic carbocycles. The highest BCUT2D eigenvalue weighted by Crippen LogP contribution is 2.49. The van der Waals surface area contributed by atoms with Crippen LogP contribution in [0.5, 0.6) is 0 Å². The zero-order chi connectivity index (χ0) is 13.5. The van der Waals surface area contributed by atoms with Crippen LogP contribution in [0, 0.1) is 17.8 Å². The zero-order valence-corrected chi connectivity index (χ0v) is 12.1. The SMILES string of the molecule is C[C@H](NS(=O)(=O)c1ccccc1)[C@@H]1C[C@@H]2CC[C@@H]1C2. The maximum atomic E-state index is 12.3. The van der Waals surface area contributed by atoms with Crippen LogP contribution in [0.3, 0.4) is 0 Å². The Morgan fingerprint density at radius 1 is 1.16 bits per heavy atom. The molecule has 0 saturated heterocycles. The van der Waals surface area contributed by atoms with Gasteiger partial charge in [-0.25, -0.2) is 13.1 Å². The second-order valence-electron chi connectivity index (χ2n) is 6.06. The van der Waals surface area contributed by atoms with Crippen molar-refractivity contribution in [2.45, 2.75) is 43.5 Å². The van der Waals surface area contributed by atoms with Gasteiger partial charge in [0.25, 0.3) is 0 Å². The quantitative estimate of drug-likeness (QED) is 0.921. The number of nitrogens with one attached hydrogen (secondary N) is 1. The Balaban J connectivity index is 1.71. The van der Waals surface area contributed by atoms with E-state index in [0.29, 0.717) is 10.8 Å². The van der Waals surface area contributed by atoms with E-state index in [1.165, 1.54) is 25.7 Å². The maximum Gasteiger partial charge on any atom is 0.240 e. The lowest BCUT2D eigenvalue weighted by Crippen LogP contribution is -2.40. The van der Waals surface area contributed by atoms with Crippen LogP contribution < -0.4 is 4.72 Å². The Bertz CT molecular complexity index is 541. The van der Waals surface area contributed by atoms with E-state index in [9.17, 15) is 8.42 Å². The molecule has 3 nitrogen and oxygen atoms in total. The van der Waals surface area contributed by atoms with Crippen LogP contribution >= 0.6 is 0 Å². The molecule has 1 aromatic rings. The molecular formula is C15H21NO2S. The molecule has 104 valence electrons. The Morgan fingerprint density at radius 2 is 1.89 bits per heavy atom. The lowest BCUT2D eigenvalue weighted by Gasteiger charge is -2.28. The topological polar surface area (TPSA) is 46.2 Å². The summed E-state index contributed by atoms with van der Waals surface area (Å²) in [5.41, 5.74) is 0. The van der Waals surface area contributed by atoms with Gasteiger partial charge in [0.2, 0.25) is 10.0 Å². The average molecular weight is 279 g/mol. The van der Waals surface area contributed by atoms with Crippen molar-refractivity contribution in [2.24, 2.45) is 17.8 Å². The molecule has 2 bridgehead atoms.